The molecule has 1 unspecified atom stereocenters. The minimum atomic E-state index is -3.52. The summed E-state index contributed by atoms with van der Waals surface area (Å²) in [6.45, 7) is 1.97. The van der Waals surface area contributed by atoms with Crippen LogP contribution in [0.15, 0.2) is 18.2 Å². The second-order valence-electron chi connectivity index (χ2n) is 4.83. The van der Waals surface area contributed by atoms with Gasteiger partial charge in [0.2, 0.25) is 0 Å². The maximum atomic E-state index is 13.0. The molecule has 2 aliphatic heterocycles. The predicted octanol–water partition coefficient (Wildman–Crippen LogP) is 2.55. The van der Waals surface area contributed by atoms with Crippen LogP contribution in [-0.2, 0) is 6.42 Å². The zero-order valence-electron chi connectivity index (χ0n) is 9.92. The van der Waals surface area contributed by atoms with E-state index in [9.17, 15) is 8.78 Å². The molecule has 98 valence electrons. The number of alkyl halides is 2. The van der Waals surface area contributed by atoms with Gasteiger partial charge in [-0.3, -0.25) is 0 Å². The summed E-state index contributed by atoms with van der Waals surface area (Å²) in [5, 5.41) is 3.32. The van der Waals surface area contributed by atoms with Crippen LogP contribution in [-0.4, -0.2) is 19.4 Å². The smallest absolute Gasteiger partial charge is 0.395 e. The van der Waals surface area contributed by atoms with Gasteiger partial charge in [0.05, 0.1) is 0 Å². The van der Waals surface area contributed by atoms with E-state index in [4.69, 9.17) is 0 Å². The van der Waals surface area contributed by atoms with E-state index in [0.717, 1.165) is 37.9 Å². The first-order valence-electron chi connectivity index (χ1n) is 6.22. The number of halogens is 2. The zero-order chi connectivity index (χ0) is 12.6. The molecule has 1 N–H and O–H groups in total. The van der Waals surface area contributed by atoms with Crippen molar-refractivity contribution in [1.29, 1.82) is 0 Å². The second kappa shape index (κ2) is 4.39. The molecule has 0 amide bonds. The molecule has 0 saturated carbocycles. The highest BCUT2D eigenvalue weighted by molar-refractivity contribution is 5.49. The van der Waals surface area contributed by atoms with E-state index in [1.807, 2.05) is 6.07 Å². The molecule has 3 nitrogen and oxygen atoms in total. The predicted molar refractivity (Wildman–Crippen MR) is 61.9 cm³/mol. The number of para-hydroxylation sites is 1. The summed E-state index contributed by atoms with van der Waals surface area (Å²) in [6.07, 6.45) is -0.528. The highest BCUT2D eigenvalue weighted by Crippen LogP contribution is 2.44. The van der Waals surface area contributed by atoms with Gasteiger partial charge in [0.1, 0.15) is 0 Å². The number of hydrogen-bond donors (Lipinski definition) is 1. The number of fused-ring (bicyclic) bond motifs is 1. The van der Waals surface area contributed by atoms with Crippen molar-refractivity contribution in [1.82, 2.24) is 5.32 Å². The Labute approximate surface area is 104 Å². The summed E-state index contributed by atoms with van der Waals surface area (Å²) in [7, 11) is 0. The van der Waals surface area contributed by atoms with Gasteiger partial charge >= 0.3 is 6.29 Å². The van der Waals surface area contributed by atoms with E-state index in [-0.39, 0.29) is 11.5 Å². The van der Waals surface area contributed by atoms with Gasteiger partial charge in [-0.1, -0.05) is 12.1 Å². The average Bonchev–Trinajstić information content (AvgIpc) is 2.66. The lowest BCUT2D eigenvalue weighted by molar-refractivity contribution is -0.287. The van der Waals surface area contributed by atoms with Crippen LogP contribution in [0, 0.1) is 5.92 Å². The maximum absolute atomic E-state index is 13.0. The lowest BCUT2D eigenvalue weighted by Crippen LogP contribution is -2.31. The Hall–Kier alpha value is -1.36. The Kier molecular flexibility index (Phi) is 2.86. The fourth-order valence-corrected chi connectivity index (χ4v) is 2.60. The molecule has 1 aromatic rings. The van der Waals surface area contributed by atoms with Gasteiger partial charge in [-0.05, 0) is 49.9 Å². The Balaban J connectivity index is 1.79. The second-order valence-corrected chi connectivity index (χ2v) is 4.83. The van der Waals surface area contributed by atoms with Crippen molar-refractivity contribution in [2.75, 3.05) is 13.1 Å². The molecule has 2 aliphatic rings. The fourth-order valence-electron chi connectivity index (χ4n) is 2.60. The number of ether oxygens (including phenoxy) is 2. The quantitative estimate of drug-likeness (QED) is 0.881. The van der Waals surface area contributed by atoms with Crippen LogP contribution in [0.1, 0.15) is 18.4 Å². The van der Waals surface area contributed by atoms with Crippen LogP contribution in [0.25, 0.3) is 0 Å². The third kappa shape index (κ3) is 2.27. The van der Waals surface area contributed by atoms with E-state index < -0.39 is 6.29 Å². The highest BCUT2D eigenvalue weighted by atomic mass is 19.3. The van der Waals surface area contributed by atoms with E-state index >= 15 is 0 Å². The van der Waals surface area contributed by atoms with Gasteiger partial charge in [0.15, 0.2) is 11.5 Å². The van der Waals surface area contributed by atoms with Crippen molar-refractivity contribution in [3.63, 3.8) is 0 Å². The number of piperidine rings is 1. The standard InChI is InChI=1S/C13H15F2NO2/c14-13(15)17-11-5-1-4-10(12(11)18-13)7-9-3-2-6-16-8-9/h1,4-5,9,16H,2-3,6-8H2. The molecule has 0 aromatic heterocycles. The molecule has 1 saturated heterocycles. The summed E-state index contributed by atoms with van der Waals surface area (Å²) in [5.74, 6) is 0.817. The van der Waals surface area contributed by atoms with Gasteiger partial charge in [0, 0.05) is 0 Å². The van der Waals surface area contributed by atoms with Crippen LogP contribution in [0.5, 0.6) is 11.5 Å². The van der Waals surface area contributed by atoms with Crippen LogP contribution >= 0.6 is 0 Å². The molecule has 1 aromatic carbocycles. The third-order valence-corrected chi connectivity index (χ3v) is 3.42. The van der Waals surface area contributed by atoms with Gasteiger partial charge in [0.25, 0.3) is 0 Å². The third-order valence-electron chi connectivity index (χ3n) is 3.42. The summed E-state index contributed by atoms with van der Waals surface area (Å²) < 4.78 is 35.1. The van der Waals surface area contributed by atoms with Gasteiger partial charge in [-0.15, -0.1) is 8.78 Å². The molecule has 0 bridgehead atoms. The van der Waals surface area contributed by atoms with Crippen molar-refractivity contribution >= 4 is 0 Å². The van der Waals surface area contributed by atoms with Gasteiger partial charge in [-0.25, -0.2) is 0 Å². The van der Waals surface area contributed by atoms with Crippen molar-refractivity contribution in [3.8, 4) is 11.5 Å². The van der Waals surface area contributed by atoms with Gasteiger partial charge in [-0.2, -0.15) is 0 Å². The van der Waals surface area contributed by atoms with E-state index in [1.165, 1.54) is 6.07 Å². The minimum Gasteiger partial charge on any atom is -0.395 e. The number of benzene rings is 1. The van der Waals surface area contributed by atoms with Crippen molar-refractivity contribution in [2.45, 2.75) is 25.6 Å². The molecule has 1 atom stereocenters. The summed E-state index contributed by atoms with van der Waals surface area (Å²) in [5.41, 5.74) is 0.804. The largest absolute Gasteiger partial charge is 0.586 e. The molecule has 18 heavy (non-hydrogen) atoms. The van der Waals surface area contributed by atoms with Crippen molar-refractivity contribution < 1.29 is 18.3 Å². The van der Waals surface area contributed by atoms with Crippen LogP contribution < -0.4 is 14.8 Å². The Morgan fingerprint density at radius 3 is 3.00 bits per heavy atom. The Morgan fingerprint density at radius 1 is 1.33 bits per heavy atom. The fraction of sp³-hybridized carbons (Fsp3) is 0.538. The lowest BCUT2D eigenvalue weighted by atomic mass is 9.92. The normalized spacial score (nSPS) is 25.1. The zero-order valence-corrected chi connectivity index (χ0v) is 9.92. The van der Waals surface area contributed by atoms with E-state index in [0.29, 0.717) is 5.92 Å². The molecule has 5 heteroatoms. The summed E-state index contributed by atoms with van der Waals surface area (Å²) in [6, 6.07) is 5.08. The molecular weight excluding hydrogens is 240 g/mol. The first-order valence-corrected chi connectivity index (χ1v) is 6.22. The molecule has 3 rings (SSSR count). The van der Waals surface area contributed by atoms with Gasteiger partial charge < -0.3 is 14.8 Å². The van der Waals surface area contributed by atoms with Crippen molar-refractivity contribution in [2.24, 2.45) is 5.92 Å². The van der Waals surface area contributed by atoms with Crippen LogP contribution in [0.2, 0.25) is 0 Å². The SMILES string of the molecule is FC1(F)Oc2cccc(CC3CCCNC3)c2O1. The first kappa shape index (κ1) is 11.7. The topological polar surface area (TPSA) is 30.5 Å². The van der Waals surface area contributed by atoms with E-state index in [1.54, 1.807) is 6.07 Å². The Bertz CT molecular complexity index is 445. The number of hydrogen-bond acceptors (Lipinski definition) is 3. The summed E-state index contributed by atoms with van der Waals surface area (Å²) in [4.78, 5) is 0. The minimum absolute atomic E-state index is 0.140. The molecule has 0 aliphatic carbocycles. The van der Waals surface area contributed by atoms with Crippen LogP contribution in [0.3, 0.4) is 0 Å². The molecule has 2 heterocycles. The number of rotatable bonds is 2. The molecular formula is C13H15F2NO2. The average molecular weight is 255 g/mol. The summed E-state index contributed by atoms with van der Waals surface area (Å²) >= 11 is 0. The number of nitrogens with one attached hydrogen (secondary N) is 1. The first-order chi connectivity index (χ1) is 8.64. The van der Waals surface area contributed by atoms with Crippen LogP contribution in [0.4, 0.5) is 8.78 Å². The monoisotopic (exact) mass is 255 g/mol. The Morgan fingerprint density at radius 2 is 2.22 bits per heavy atom. The molecule has 0 spiro atoms. The van der Waals surface area contributed by atoms with E-state index in [2.05, 4.69) is 14.8 Å². The molecule has 0 radical (unpaired) electrons. The molecule has 1 fully saturated rings. The maximum Gasteiger partial charge on any atom is 0.586 e. The highest BCUT2D eigenvalue weighted by Gasteiger charge is 2.44. The lowest BCUT2D eigenvalue weighted by Gasteiger charge is -2.23. The van der Waals surface area contributed by atoms with Crippen molar-refractivity contribution in [3.05, 3.63) is 23.8 Å².